The topological polar surface area (TPSA) is 76.3 Å². The van der Waals surface area contributed by atoms with Crippen LogP contribution >= 0.6 is 11.6 Å². The third-order valence-corrected chi connectivity index (χ3v) is 3.67. The van der Waals surface area contributed by atoms with Crippen LogP contribution in [0.25, 0.3) is 0 Å². The average Bonchev–Trinajstić information content (AvgIpc) is 2.87. The van der Waals surface area contributed by atoms with E-state index < -0.39 is 0 Å². The van der Waals surface area contributed by atoms with Gasteiger partial charge < -0.3 is 10.6 Å². The van der Waals surface area contributed by atoms with Crippen molar-refractivity contribution in [2.45, 2.75) is 26.2 Å². The summed E-state index contributed by atoms with van der Waals surface area (Å²) in [7, 11) is 0. The van der Waals surface area contributed by atoms with E-state index in [-0.39, 0.29) is 17.7 Å². The summed E-state index contributed by atoms with van der Waals surface area (Å²) in [5.41, 5.74) is 6.62. The second-order valence-electron chi connectivity index (χ2n) is 5.06. The molecule has 0 aromatic carbocycles. The molecule has 0 saturated carbocycles. The number of nitrogens with zero attached hydrogens (tertiary/aromatic N) is 2. The molecule has 2 heterocycles. The molecule has 0 bridgehead atoms. The van der Waals surface area contributed by atoms with Gasteiger partial charge in [-0.15, -0.1) is 0 Å². The fraction of sp³-hybridized carbons (Fsp3) is 0.500. The van der Waals surface area contributed by atoms with Crippen LogP contribution in [-0.4, -0.2) is 34.8 Å². The van der Waals surface area contributed by atoms with E-state index >= 15 is 0 Å². The second-order valence-corrected chi connectivity index (χ2v) is 5.45. The third kappa shape index (κ3) is 3.28. The smallest absolute Gasteiger partial charge is 0.254 e. The molecule has 1 atom stereocenters. The van der Waals surface area contributed by atoms with Crippen molar-refractivity contribution in [1.82, 2.24) is 9.88 Å². The lowest BCUT2D eigenvalue weighted by Crippen LogP contribution is -2.31. The number of aromatic nitrogens is 1. The maximum absolute atomic E-state index is 12.4. The zero-order chi connectivity index (χ0) is 14.7. The first-order valence-electron chi connectivity index (χ1n) is 6.76. The van der Waals surface area contributed by atoms with E-state index in [0.717, 1.165) is 18.5 Å². The standard InChI is InChI=1S/C14H18ClN3O2/c1-2-3-11-6-10(7-12(15)17-11)14(20)18-5-4-9(8-18)13(16)19/h6-7,9H,2-5,8H2,1H3,(H2,16,19). The van der Waals surface area contributed by atoms with Gasteiger partial charge in [0.05, 0.1) is 5.92 Å². The van der Waals surface area contributed by atoms with Crippen LogP contribution in [0.15, 0.2) is 12.1 Å². The summed E-state index contributed by atoms with van der Waals surface area (Å²) < 4.78 is 0. The number of carbonyl (C=O) groups is 2. The third-order valence-electron chi connectivity index (χ3n) is 3.48. The number of likely N-dealkylation sites (tertiary alicyclic amines) is 1. The summed E-state index contributed by atoms with van der Waals surface area (Å²) >= 11 is 5.96. The molecule has 1 aliphatic rings. The van der Waals surface area contributed by atoms with E-state index in [1.54, 1.807) is 17.0 Å². The van der Waals surface area contributed by atoms with Gasteiger partial charge >= 0.3 is 0 Å². The SMILES string of the molecule is CCCc1cc(C(=O)N2CCC(C(N)=O)C2)cc(Cl)n1. The quantitative estimate of drug-likeness (QED) is 0.858. The predicted molar refractivity (Wildman–Crippen MR) is 76.4 cm³/mol. The van der Waals surface area contributed by atoms with Crippen molar-refractivity contribution in [1.29, 1.82) is 0 Å². The summed E-state index contributed by atoms with van der Waals surface area (Å²) in [5.74, 6) is -0.707. The van der Waals surface area contributed by atoms with Crippen LogP contribution in [0.2, 0.25) is 5.15 Å². The molecule has 1 aromatic rings. The van der Waals surface area contributed by atoms with Gasteiger partial charge in [0.2, 0.25) is 5.91 Å². The number of pyridine rings is 1. The van der Waals surface area contributed by atoms with Crippen molar-refractivity contribution in [2.75, 3.05) is 13.1 Å². The van der Waals surface area contributed by atoms with E-state index in [9.17, 15) is 9.59 Å². The number of hydrogen-bond acceptors (Lipinski definition) is 3. The van der Waals surface area contributed by atoms with Gasteiger partial charge in [-0.3, -0.25) is 9.59 Å². The van der Waals surface area contributed by atoms with Crippen LogP contribution in [-0.2, 0) is 11.2 Å². The molecular formula is C14H18ClN3O2. The Balaban J connectivity index is 2.15. The van der Waals surface area contributed by atoms with Gasteiger partial charge in [-0.25, -0.2) is 4.98 Å². The monoisotopic (exact) mass is 295 g/mol. The summed E-state index contributed by atoms with van der Waals surface area (Å²) in [4.78, 5) is 29.4. The molecule has 1 fully saturated rings. The summed E-state index contributed by atoms with van der Waals surface area (Å²) in [6.07, 6.45) is 2.35. The van der Waals surface area contributed by atoms with E-state index in [1.165, 1.54) is 0 Å². The fourth-order valence-electron chi connectivity index (χ4n) is 2.42. The van der Waals surface area contributed by atoms with E-state index in [2.05, 4.69) is 4.98 Å². The minimum Gasteiger partial charge on any atom is -0.369 e. The van der Waals surface area contributed by atoms with Gasteiger partial charge in [0.25, 0.3) is 5.91 Å². The van der Waals surface area contributed by atoms with Crippen molar-refractivity contribution in [3.8, 4) is 0 Å². The minimum absolute atomic E-state index is 0.115. The Hall–Kier alpha value is -1.62. The molecule has 0 aliphatic carbocycles. The molecule has 0 spiro atoms. The van der Waals surface area contributed by atoms with Crippen LogP contribution in [0, 0.1) is 5.92 Å². The van der Waals surface area contributed by atoms with Crippen LogP contribution in [0.5, 0.6) is 0 Å². The van der Waals surface area contributed by atoms with E-state index in [0.29, 0.717) is 30.2 Å². The van der Waals surface area contributed by atoms with Crippen LogP contribution < -0.4 is 5.73 Å². The molecule has 2 rings (SSSR count). The Morgan fingerprint density at radius 3 is 2.85 bits per heavy atom. The molecule has 1 aliphatic heterocycles. The first-order valence-corrected chi connectivity index (χ1v) is 7.14. The Morgan fingerprint density at radius 2 is 2.25 bits per heavy atom. The number of amides is 2. The van der Waals surface area contributed by atoms with E-state index in [4.69, 9.17) is 17.3 Å². The Labute approximate surface area is 123 Å². The predicted octanol–water partition coefficient (Wildman–Crippen LogP) is 1.63. The zero-order valence-corrected chi connectivity index (χ0v) is 12.2. The van der Waals surface area contributed by atoms with E-state index in [1.807, 2.05) is 6.92 Å². The molecule has 20 heavy (non-hydrogen) atoms. The lowest BCUT2D eigenvalue weighted by Gasteiger charge is -2.16. The minimum atomic E-state index is -0.347. The van der Waals surface area contributed by atoms with Crippen molar-refractivity contribution in [2.24, 2.45) is 11.7 Å². The van der Waals surface area contributed by atoms with Crippen LogP contribution in [0.3, 0.4) is 0 Å². The first kappa shape index (κ1) is 14.8. The Kier molecular flexibility index (Phi) is 4.60. The number of primary amides is 1. The molecule has 6 heteroatoms. The average molecular weight is 296 g/mol. The van der Waals surface area contributed by atoms with Crippen LogP contribution in [0.4, 0.5) is 0 Å². The molecule has 1 saturated heterocycles. The normalized spacial score (nSPS) is 18.3. The summed E-state index contributed by atoms with van der Waals surface area (Å²) in [5, 5.41) is 0.324. The molecule has 2 amide bonds. The van der Waals surface area contributed by atoms with Crippen molar-refractivity contribution in [3.63, 3.8) is 0 Å². The summed E-state index contributed by atoms with van der Waals surface area (Å²) in [6, 6.07) is 3.34. The van der Waals surface area contributed by atoms with Gasteiger partial charge in [0, 0.05) is 24.3 Å². The van der Waals surface area contributed by atoms with Crippen molar-refractivity contribution in [3.05, 3.63) is 28.5 Å². The lowest BCUT2D eigenvalue weighted by atomic mass is 10.1. The maximum atomic E-state index is 12.4. The number of hydrogen-bond donors (Lipinski definition) is 1. The molecule has 5 nitrogen and oxygen atoms in total. The van der Waals surface area contributed by atoms with Gasteiger partial charge in [0.1, 0.15) is 5.15 Å². The zero-order valence-electron chi connectivity index (χ0n) is 11.4. The molecule has 1 unspecified atom stereocenters. The Bertz CT molecular complexity index is 533. The molecule has 1 aromatic heterocycles. The first-order chi connectivity index (χ1) is 9.51. The molecule has 2 N–H and O–H groups in total. The van der Waals surface area contributed by atoms with Crippen LogP contribution in [0.1, 0.15) is 35.8 Å². The van der Waals surface area contributed by atoms with Gasteiger partial charge in [-0.2, -0.15) is 0 Å². The second kappa shape index (κ2) is 6.22. The van der Waals surface area contributed by atoms with Gasteiger partial charge in [0.15, 0.2) is 0 Å². The van der Waals surface area contributed by atoms with Gasteiger partial charge in [-0.05, 0) is 25.0 Å². The highest BCUT2D eigenvalue weighted by molar-refractivity contribution is 6.29. The highest BCUT2D eigenvalue weighted by Crippen LogP contribution is 2.20. The number of nitrogens with two attached hydrogens (primary N) is 1. The lowest BCUT2D eigenvalue weighted by molar-refractivity contribution is -0.121. The number of carbonyl (C=O) groups excluding carboxylic acids is 2. The molecular weight excluding hydrogens is 278 g/mol. The molecule has 0 radical (unpaired) electrons. The van der Waals surface area contributed by atoms with Gasteiger partial charge in [-0.1, -0.05) is 24.9 Å². The summed E-state index contributed by atoms with van der Waals surface area (Å²) in [6.45, 7) is 2.98. The fourth-order valence-corrected chi connectivity index (χ4v) is 2.64. The number of aryl methyl sites for hydroxylation is 1. The highest BCUT2D eigenvalue weighted by atomic mass is 35.5. The number of halogens is 1. The highest BCUT2D eigenvalue weighted by Gasteiger charge is 2.30. The van der Waals surface area contributed by atoms with Crippen molar-refractivity contribution >= 4 is 23.4 Å². The largest absolute Gasteiger partial charge is 0.369 e. The molecule has 108 valence electrons. The maximum Gasteiger partial charge on any atom is 0.254 e. The van der Waals surface area contributed by atoms with Crippen molar-refractivity contribution < 1.29 is 9.59 Å². The Morgan fingerprint density at radius 1 is 1.50 bits per heavy atom. The number of rotatable bonds is 4.